The van der Waals surface area contributed by atoms with Gasteiger partial charge in [0.15, 0.2) is 0 Å². The first-order valence-electron chi connectivity index (χ1n) is 5.67. The van der Waals surface area contributed by atoms with Gasteiger partial charge in [-0.1, -0.05) is 29.8 Å². The van der Waals surface area contributed by atoms with Crippen molar-refractivity contribution in [2.24, 2.45) is 0 Å². The second-order valence-corrected chi connectivity index (χ2v) is 4.11. The lowest BCUT2D eigenvalue weighted by Crippen LogP contribution is -2.04. The second-order valence-electron chi connectivity index (χ2n) is 4.11. The van der Waals surface area contributed by atoms with Crippen LogP contribution in [0.25, 0.3) is 0 Å². The summed E-state index contributed by atoms with van der Waals surface area (Å²) in [5.74, 6) is 0. The fourth-order valence-electron chi connectivity index (χ4n) is 1.39. The number of hydrogen-bond acceptors (Lipinski definition) is 2. The van der Waals surface area contributed by atoms with Gasteiger partial charge in [0.2, 0.25) is 0 Å². The van der Waals surface area contributed by atoms with Crippen molar-refractivity contribution in [2.75, 3.05) is 13.7 Å². The molecule has 88 valence electrons. The molecule has 0 unspecified atom stereocenters. The first-order valence-corrected chi connectivity index (χ1v) is 5.67. The molecule has 1 N–H and O–H groups in total. The summed E-state index contributed by atoms with van der Waals surface area (Å²) in [5.41, 5.74) is 3.69. The molecule has 0 bridgehead atoms. The molecule has 0 heterocycles. The summed E-state index contributed by atoms with van der Waals surface area (Å²) in [6.07, 6.45) is 0.942. The van der Waals surface area contributed by atoms with Gasteiger partial charge in [0.25, 0.3) is 0 Å². The van der Waals surface area contributed by atoms with Gasteiger partial charge in [-0.3, -0.25) is 0 Å². The minimum atomic E-state index is 0.688. The molecular formula is C14H21NO. The molecule has 0 aliphatic heterocycles. The van der Waals surface area contributed by atoms with Crippen LogP contribution in [0.3, 0.4) is 0 Å². The molecule has 0 fully saturated rings. The van der Waals surface area contributed by atoms with Crippen molar-refractivity contribution >= 4 is 0 Å². The smallest absolute Gasteiger partial charge is 0.0717 e. The zero-order valence-electron chi connectivity index (χ0n) is 10.3. The number of nitrogens with one attached hydrogen (secondary N) is 1. The van der Waals surface area contributed by atoms with Crippen LogP contribution in [-0.4, -0.2) is 13.7 Å². The molecular weight excluding hydrogens is 198 g/mol. The van der Waals surface area contributed by atoms with E-state index < -0.39 is 0 Å². The molecule has 2 heteroatoms. The van der Waals surface area contributed by atoms with Gasteiger partial charge < -0.3 is 10.1 Å². The summed E-state index contributed by atoms with van der Waals surface area (Å²) in [5, 5.41) is 3.13. The summed E-state index contributed by atoms with van der Waals surface area (Å²) in [7, 11) is 1.95. The number of hydrogen-bond donors (Lipinski definition) is 1. The molecule has 1 aromatic carbocycles. The monoisotopic (exact) mass is 219 g/mol. The summed E-state index contributed by atoms with van der Waals surface area (Å²) >= 11 is 0. The fraction of sp³-hybridized carbons (Fsp3) is 0.429. The van der Waals surface area contributed by atoms with E-state index in [-0.39, 0.29) is 0 Å². The molecule has 0 atom stereocenters. The highest BCUT2D eigenvalue weighted by Gasteiger charge is 1.95. The van der Waals surface area contributed by atoms with Crippen LogP contribution in [0.5, 0.6) is 0 Å². The molecule has 16 heavy (non-hydrogen) atoms. The van der Waals surface area contributed by atoms with Crippen LogP contribution >= 0.6 is 0 Å². The molecule has 2 nitrogen and oxygen atoms in total. The fourth-order valence-corrected chi connectivity index (χ4v) is 1.39. The summed E-state index contributed by atoms with van der Waals surface area (Å²) in [6, 6.07) is 8.50. The SMILES string of the molecule is C=C(C)CCOCc1ccc(CNC)cc1. The minimum absolute atomic E-state index is 0.688. The summed E-state index contributed by atoms with van der Waals surface area (Å²) in [6.45, 7) is 8.23. The lowest BCUT2D eigenvalue weighted by Gasteiger charge is -2.05. The summed E-state index contributed by atoms with van der Waals surface area (Å²) in [4.78, 5) is 0. The van der Waals surface area contributed by atoms with Crippen LogP contribution in [0.1, 0.15) is 24.5 Å². The van der Waals surface area contributed by atoms with Gasteiger partial charge in [-0.2, -0.15) is 0 Å². The van der Waals surface area contributed by atoms with Crippen LogP contribution in [0.15, 0.2) is 36.4 Å². The maximum absolute atomic E-state index is 5.55. The van der Waals surface area contributed by atoms with E-state index in [0.717, 1.165) is 19.6 Å². The molecule has 1 rings (SSSR count). The highest BCUT2D eigenvalue weighted by Crippen LogP contribution is 2.06. The number of rotatable bonds is 7. The Morgan fingerprint density at radius 3 is 2.44 bits per heavy atom. The molecule has 0 amide bonds. The second kappa shape index (κ2) is 7.20. The van der Waals surface area contributed by atoms with Gasteiger partial charge in [-0.15, -0.1) is 6.58 Å². The number of benzene rings is 1. The Bertz CT molecular complexity index is 316. The molecule has 0 saturated carbocycles. The van der Waals surface area contributed by atoms with Gasteiger partial charge >= 0.3 is 0 Å². The first kappa shape index (κ1) is 12.9. The standard InChI is InChI=1S/C14H21NO/c1-12(2)8-9-16-11-14-6-4-13(5-7-14)10-15-3/h4-7,15H,1,8-11H2,2-3H3. The third kappa shape index (κ3) is 5.10. The maximum Gasteiger partial charge on any atom is 0.0717 e. The van der Waals surface area contributed by atoms with Crippen LogP contribution in [0.2, 0.25) is 0 Å². The Hall–Kier alpha value is -1.12. The van der Waals surface area contributed by atoms with Gasteiger partial charge in [-0.25, -0.2) is 0 Å². The van der Waals surface area contributed by atoms with E-state index in [0.29, 0.717) is 6.61 Å². The zero-order valence-corrected chi connectivity index (χ0v) is 10.3. The van der Waals surface area contributed by atoms with E-state index >= 15 is 0 Å². The summed E-state index contributed by atoms with van der Waals surface area (Å²) < 4.78 is 5.55. The molecule has 0 aromatic heterocycles. The minimum Gasteiger partial charge on any atom is -0.376 e. The lowest BCUT2D eigenvalue weighted by molar-refractivity contribution is 0.124. The molecule has 1 aromatic rings. The predicted molar refractivity (Wildman–Crippen MR) is 68.3 cm³/mol. The number of ether oxygens (including phenoxy) is 1. The molecule has 0 aliphatic rings. The maximum atomic E-state index is 5.55. The molecule has 0 radical (unpaired) electrons. The third-order valence-corrected chi connectivity index (χ3v) is 2.35. The molecule has 0 saturated heterocycles. The Morgan fingerprint density at radius 2 is 1.88 bits per heavy atom. The quantitative estimate of drug-likeness (QED) is 0.562. The Balaban J connectivity index is 2.29. The third-order valence-electron chi connectivity index (χ3n) is 2.35. The average Bonchev–Trinajstić information content (AvgIpc) is 2.27. The van der Waals surface area contributed by atoms with Crippen molar-refractivity contribution in [3.05, 3.63) is 47.5 Å². The molecule has 0 spiro atoms. The van der Waals surface area contributed by atoms with Gasteiger partial charge in [-0.05, 0) is 31.5 Å². The van der Waals surface area contributed by atoms with Gasteiger partial charge in [0.1, 0.15) is 0 Å². The van der Waals surface area contributed by atoms with Crippen molar-refractivity contribution in [3.63, 3.8) is 0 Å². The largest absolute Gasteiger partial charge is 0.376 e. The average molecular weight is 219 g/mol. The van der Waals surface area contributed by atoms with Crippen LogP contribution in [0.4, 0.5) is 0 Å². The van der Waals surface area contributed by atoms with E-state index in [2.05, 4.69) is 36.2 Å². The Kier molecular flexibility index (Phi) is 5.83. The van der Waals surface area contributed by atoms with Crippen molar-refractivity contribution < 1.29 is 4.74 Å². The van der Waals surface area contributed by atoms with Crippen LogP contribution < -0.4 is 5.32 Å². The first-order chi connectivity index (χ1) is 7.72. The van der Waals surface area contributed by atoms with E-state index in [9.17, 15) is 0 Å². The highest BCUT2D eigenvalue weighted by molar-refractivity contribution is 5.21. The van der Waals surface area contributed by atoms with Crippen LogP contribution in [0, 0.1) is 0 Å². The van der Waals surface area contributed by atoms with Crippen molar-refractivity contribution in [1.82, 2.24) is 5.32 Å². The lowest BCUT2D eigenvalue weighted by atomic mass is 10.1. The van der Waals surface area contributed by atoms with E-state index in [4.69, 9.17) is 4.74 Å². The predicted octanol–water partition coefficient (Wildman–Crippen LogP) is 2.89. The van der Waals surface area contributed by atoms with Crippen molar-refractivity contribution in [3.8, 4) is 0 Å². The van der Waals surface area contributed by atoms with Crippen molar-refractivity contribution in [1.29, 1.82) is 0 Å². The van der Waals surface area contributed by atoms with Crippen molar-refractivity contribution in [2.45, 2.75) is 26.5 Å². The molecule has 0 aliphatic carbocycles. The van der Waals surface area contributed by atoms with Gasteiger partial charge in [0.05, 0.1) is 13.2 Å². The normalized spacial score (nSPS) is 10.4. The van der Waals surface area contributed by atoms with E-state index in [1.165, 1.54) is 16.7 Å². The Labute approximate surface area is 98.3 Å². The topological polar surface area (TPSA) is 21.3 Å². The van der Waals surface area contributed by atoms with Gasteiger partial charge in [0, 0.05) is 6.54 Å². The van der Waals surface area contributed by atoms with Crippen LogP contribution in [-0.2, 0) is 17.9 Å². The zero-order chi connectivity index (χ0) is 11.8. The van der Waals surface area contributed by atoms with E-state index in [1.54, 1.807) is 0 Å². The van der Waals surface area contributed by atoms with E-state index in [1.807, 2.05) is 14.0 Å². The Morgan fingerprint density at radius 1 is 1.25 bits per heavy atom. The highest BCUT2D eigenvalue weighted by atomic mass is 16.5.